The molecule has 1 N–H and O–H groups in total. The highest BCUT2D eigenvalue weighted by molar-refractivity contribution is 6.04. The molecule has 0 spiro atoms. The van der Waals surface area contributed by atoms with Crippen LogP contribution in [-0.4, -0.2) is 45.7 Å². The number of piperidine rings is 1. The molecule has 5 rings (SSSR count). The molecule has 2 aromatic heterocycles. The van der Waals surface area contributed by atoms with Crippen LogP contribution in [-0.2, 0) is 0 Å². The molecule has 0 unspecified atom stereocenters. The molecule has 1 aliphatic rings. The van der Waals surface area contributed by atoms with E-state index in [4.69, 9.17) is 0 Å². The third-order valence-electron chi connectivity index (χ3n) is 6.07. The van der Waals surface area contributed by atoms with Crippen LogP contribution in [0.3, 0.4) is 0 Å². The van der Waals surface area contributed by atoms with Crippen LogP contribution in [0, 0.1) is 5.82 Å². The number of nitrogens with zero attached hydrogens (tertiary/aromatic N) is 4. The predicted octanol–water partition coefficient (Wildman–Crippen LogP) is 4.76. The molecule has 4 aromatic rings. The molecule has 0 saturated carbocycles. The number of anilines is 1. The largest absolute Gasteiger partial charge is 0.307 e. The van der Waals surface area contributed by atoms with E-state index in [2.05, 4.69) is 50.4 Å². The van der Waals surface area contributed by atoms with Crippen molar-refractivity contribution in [3.05, 3.63) is 78.5 Å². The zero-order valence-electron chi connectivity index (χ0n) is 17.8. The molecule has 2 aromatic carbocycles. The zero-order valence-corrected chi connectivity index (χ0v) is 17.8. The molecule has 6 nitrogen and oxygen atoms in total. The summed E-state index contributed by atoms with van der Waals surface area (Å²) in [6, 6.07) is 13.9. The Labute approximate surface area is 185 Å². The van der Waals surface area contributed by atoms with Crippen molar-refractivity contribution in [3.63, 3.8) is 0 Å². The summed E-state index contributed by atoms with van der Waals surface area (Å²) >= 11 is 0. The highest BCUT2D eigenvalue weighted by Gasteiger charge is 2.19. The van der Waals surface area contributed by atoms with E-state index in [1.165, 1.54) is 24.3 Å². The second kappa shape index (κ2) is 8.51. The van der Waals surface area contributed by atoms with E-state index in [1.807, 2.05) is 18.3 Å². The van der Waals surface area contributed by atoms with E-state index in [1.54, 1.807) is 6.20 Å². The Morgan fingerprint density at radius 1 is 1.00 bits per heavy atom. The highest BCUT2D eigenvalue weighted by Crippen LogP contribution is 2.28. The standard InChI is InChI=1S/C25H24FN5O/c1-30-10-8-23(9-11-30)31-16-21(15-28-31)18-2-3-19-14-27-24(13-20(19)12-18)29-25(32)17-4-6-22(26)7-5-17/h2-7,12-16,23H,8-11H2,1H3,(H,27,29,32). The second-order valence-electron chi connectivity index (χ2n) is 8.34. The van der Waals surface area contributed by atoms with E-state index in [0.717, 1.165) is 47.8 Å². The number of fused-ring (bicyclic) bond motifs is 1. The number of pyridine rings is 1. The first-order chi connectivity index (χ1) is 15.5. The number of benzene rings is 2. The minimum Gasteiger partial charge on any atom is -0.307 e. The number of halogens is 1. The first-order valence-electron chi connectivity index (χ1n) is 10.7. The number of carbonyl (C=O) groups excluding carboxylic acids is 1. The van der Waals surface area contributed by atoms with E-state index >= 15 is 0 Å². The zero-order chi connectivity index (χ0) is 22.1. The van der Waals surface area contributed by atoms with Gasteiger partial charge in [-0.25, -0.2) is 9.37 Å². The summed E-state index contributed by atoms with van der Waals surface area (Å²) in [4.78, 5) is 19.1. The smallest absolute Gasteiger partial charge is 0.256 e. The van der Waals surface area contributed by atoms with Crippen LogP contribution in [0.25, 0.3) is 21.9 Å². The van der Waals surface area contributed by atoms with Crippen LogP contribution in [0.4, 0.5) is 10.2 Å². The molecule has 7 heteroatoms. The Kier molecular flexibility index (Phi) is 5.41. The maximum absolute atomic E-state index is 13.1. The van der Waals surface area contributed by atoms with Gasteiger partial charge in [0, 0.05) is 28.9 Å². The van der Waals surface area contributed by atoms with E-state index in [9.17, 15) is 9.18 Å². The van der Waals surface area contributed by atoms with E-state index in [0.29, 0.717) is 17.4 Å². The van der Waals surface area contributed by atoms with Crippen LogP contribution < -0.4 is 5.32 Å². The third-order valence-corrected chi connectivity index (χ3v) is 6.07. The Morgan fingerprint density at radius 3 is 2.56 bits per heavy atom. The summed E-state index contributed by atoms with van der Waals surface area (Å²) < 4.78 is 15.2. The third kappa shape index (κ3) is 4.24. The van der Waals surface area contributed by atoms with Gasteiger partial charge in [-0.3, -0.25) is 9.48 Å². The van der Waals surface area contributed by atoms with Gasteiger partial charge in [-0.2, -0.15) is 5.10 Å². The lowest BCUT2D eigenvalue weighted by Crippen LogP contribution is -2.31. The quantitative estimate of drug-likeness (QED) is 0.508. The maximum atomic E-state index is 13.1. The molecule has 1 aliphatic heterocycles. The summed E-state index contributed by atoms with van der Waals surface area (Å²) in [5.41, 5.74) is 2.52. The number of rotatable bonds is 4. The van der Waals surface area contributed by atoms with Crippen molar-refractivity contribution in [2.24, 2.45) is 0 Å². The highest BCUT2D eigenvalue weighted by atomic mass is 19.1. The van der Waals surface area contributed by atoms with E-state index < -0.39 is 0 Å². The number of hydrogen-bond acceptors (Lipinski definition) is 4. The Hall–Kier alpha value is -3.58. The van der Waals surface area contributed by atoms with Crippen molar-refractivity contribution < 1.29 is 9.18 Å². The van der Waals surface area contributed by atoms with Gasteiger partial charge in [0.1, 0.15) is 11.6 Å². The topological polar surface area (TPSA) is 63.1 Å². The lowest BCUT2D eigenvalue weighted by Gasteiger charge is -2.28. The molecule has 0 aliphatic carbocycles. The molecule has 162 valence electrons. The van der Waals surface area contributed by atoms with Crippen molar-refractivity contribution in [2.75, 3.05) is 25.5 Å². The predicted molar refractivity (Wildman–Crippen MR) is 123 cm³/mol. The number of nitrogens with one attached hydrogen (secondary N) is 1. The average Bonchev–Trinajstić information content (AvgIpc) is 3.30. The fourth-order valence-electron chi connectivity index (χ4n) is 4.12. The number of carbonyl (C=O) groups is 1. The molecule has 0 radical (unpaired) electrons. The summed E-state index contributed by atoms with van der Waals surface area (Å²) in [6.45, 7) is 2.19. The summed E-state index contributed by atoms with van der Waals surface area (Å²) in [6.07, 6.45) is 7.99. The maximum Gasteiger partial charge on any atom is 0.256 e. The molecule has 32 heavy (non-hydrogen) atoms. The SMILES string of the molecule is CN1CCC(n2cc(-c3ccc4cnc(NC(=O)c5ccc(F)cc5)cc4c3)cn2)CC1. The summed E-state index contributed by atoms with van der Waals surface area (Å²) in [5, 5.41) is 9.36. The Morgan fingerprint density at radius 2 is 1.78 bits per heavy atom. The average molecular weight is 429 g/mol. The number of aromatic nitrogens is 3. The van der Waals surface area contributed by atoms with Crippen molar-refractivity contribution in [1.29, 1.82) is 0 Å². The first-order valence-corrected chi connectivity index (χ1v) is 10.7. The number of amides is 1. The molecule has 3 heterocycles. The van der Waals surface area contributed by atoms with Crippen molar-refractivity contribution in [3.8, 4) is 11.1 Å². The monoisotopic (exact) mass is 429 g/mol. The molecular weight excluding hydrogens is 405 g/mol. The van der Waals surface area contributed by atoms with Crippen LogP contribution in [0.15, 0.2) is 67.1 Å². The Balaban J connectivity index is 1.36. The van der Waals surface area contributed by atoms with Gasteiger partial charge >= 0.3 is 0 Å². The van der Waals surface area contributed by atoms with Gasteiger partial charge in [0.05, 0.1) is 12.2 Å². The normalized spacial score (nSPS) is 15.2. The molecule has 1 saturated heterocycles. The van der Waals surface area contributed by atoms with Gasteiger partial charge in [0.25, 0.3) is 5.91 Å². The summed E-state index contributed by atoms with van der Waals surface area (Å²) in [7, 11) is 2.16. The van der Waals surface area contributed by atoms with Gasteiger partial charge in [0.15, 0.2) is 0 Å². The molecule has 0 bridgehead atoms. The second-order valence-corrected chi connectivity index (χ2v) is 8.34. The number of hydrogen-bond donors (Lipinski definition) is 1. The molecule has 1 amide bonds. The van der Waals surface area contributed by atoms with Gasteiger partial charge in [0.2, 0.25) is 0 Å². The molecule has 1 fully saturated rings. The van der Waals surface area contributed by atoms with Crippen LogP contribution in [0.1, 0.15) is 29.2 Å². The fourth-order valence-corrected chi connectivity index (χ4v) is 4.12. The minimum absolute atomic E-state index is 0.326. The lowest BCUT2D eigenvalue weighted by atomic mass is 10.0. The summed E-state index contributed by atoms with van der Waals surface area (Å²) in [5.74, 6) is -0.254. The van der Waals surface area contributed by atoms with Crippen molar-refractivity contribution in [1.82, 2.24) is 19.7 Å². The van der Waals surface area contributed by atoms with Crippen molar-refractivity contribution in [2.45, 2.75) is 18.9 Å². The van der Waals surface area contributed by atoms with Gasteiger partial charge < -0.3 is 10.2 Å². The van der Waals surface area contributed by atoms with Gasteiger partial charge in [-0.1, -0.05) is 12.1 Å². The minimum atomic E-state index is -0.378. The van der Waals surface area contributed by atoms with Crippen LogP contribution in [0.5, 0.6) is 0 Å². The van der Waals surface area contributed by atoms with Crippen LogP contribution >= 0.6 is 0 Å². The fraction of sp³-hybridized carbons (Fsp3) is 0.240. The van der Waals surface area contributed by atoms with Crippen molar-refractivity contribution >= 4 is 22.5 Å². The first kappa shape index (κ1) is 20.3. The Bertz CT molecular complexity index is 1260. The molecular formula is C25H24FN5O. The molecule has 0 atom stereocenters. The van der Waals surface area contributed by atoms with E-state index in [-0.39, 0.29) is 11.7 Å². The van der Waals surface area contributed by atoms with Gasteiger partial charge in [-0.15, -0.1) is 0 Å². The number of likely N-dealkylation sites (tertiary alicyclic amines) is 1. The van der Waals surface area contributed by atoms with Gasteiger partial charge in [-0.05, 0) is 80.3 Å². The van der Waals surface area contributed by atoms with Crippen LogP contribution in [0.2, 0.25) is 0 Å². The lowest BCUT2D eigenvalue weighted by molar-refractivity contribution is 0.102.